The molecule has 1 rings (SSSR count). The Morgan fingerprint density at radius 1 is 1.10 bits per heavy atom. The maximum atomic E-state index is 12.8. The van der Waals surface area contributed by atoms with E-state index in [0.717, 1.165) is 32.4 Å². The minimum absolute atomic E-state index is 0.0469. The number of hydrogen-bond donors (Lipinski definition) is 2. The van der Waals surface area contributed by atoms with Crippen LogP contribution in [0.5, 0.6) is 0 Å². The fourth-order valence-electron chi connectivity index (χ4n) is 2.70. The quantitative estimate of drug-likeness (QED) is 0.476. The number of rotatable bonds is 8. The number of hydrogen-bond acceptors (Lipinski definition) is 6. The second-order valence-corrected chi connectivity index (χ2v) is 6.21. The zero-order valence-corrected chi connectivity index (χ0v) is 15.9. The number of esters is 2. The summed E-state index contributed by atoms with van der Waals surface area (Å²) >= 11 is 0. The number of nitrogens with two attached hydrogens (primary N) is 1. The van der Waals surface area contributed by atoms with Crippen molar-refractivity contribution >= 4 is 23.8 Å². The van der Waals surface area contributed by atoms with Crippen LogP contribution in [0.1, 0.15) is 18.1 Å². The monoisotopic (exact) mass is 418 g/mol. The average Bonchev–Trinajstić information content (AvgIpc) is 2.64. The van der Waals surface area contributed by atoms with Gasteiger partial charge in [0.05, 0.1) is 26.2 Å². The summed E-state index contributed by atoms with van der Waals surface area (Å²) in [5, 5.41) is 2.25. The van der Waals surface area contributed by atoms with Crippen molar-refractivity contribution in [1.29, 1.82) is 0 Å². The first-order valence-electron chi connectivity index (χ1n) is 8.32. The molecule has 8 nitrogen and oxygen atoms in total. The van der Waals surface area contributed by atoms with Gasteiger partial charge in [0.1, 0.15) is 6.04 Å². The average molecular weight is 418 g/mol. The van der Waals surface area contributed by atoms with Crippen LogP contribution < -0.4 is 11.1 Å². The first-order chi connectivity index (χ1) is 13.4. The zero-order valence-electron chi connectivity index (χ0n) is 15.9. The van der Waals surface area contributed by atoms with Crippen molar-refractivity contribution in [3.05, 3.63) is 35.4 Å². The Kier molecular flexibility index (Phi) is 8.16. The largest absolute Gasteiger partial charge is 0.468 e. The second kappa shape index (κ2) is 9.89. The molecule has 0 unspecified atom stereocenters. The van der Waals surface area contributed by atoms with Crippen LogP contribution in [-0.4, -0.2) is 44.0 Å². The van der Waals surface area contributed by atoms with E-state index in [1.165, 1.54) is 13.0 Å². The molecule has 160 valence electrons. The highest BCUT2D eigenvalue weighted by Gasteiger charge is 2.41. The highest BCUT2D eigenvalue weighted by atomic mass is 19.4. The lowest BCUT2D eigenvalue weighted by atomic mass is 9.86. The third-order valence-electron chi connectivity index (χ3n) is 4.20. The van der Waals surface area contributed by atoms with E-state index in [1.54, 1.807) is 0 Å². The molecule has 29 heavy (non-hydrogen) atoms. The molecule has 0 fully saturated rings. The van der Waals surface area contributed by atoms with Gasteiger partial charge in [0.15, 0.2) is 5.92 Å². The Balaban J connectivity index is 3.01. The molecule has 0 radical (unpaired) electrons. The fourth-order valence-corrected chi connectivity index (χ4v) is 2.70. The number of carbonyl (C=O) groups excluding carboxylic acids is 4. The summed E-state index contributed by atoms with van der Waals surface area (Å²) in [5.41, 5.74) is 4.39. The minimum atomic E-state index is -4.58. The third kappa shape index (κ3) is 6.47. The molecule has 1 aromatic carbocycles. The Hall–Kier alpha value is -3.11. The molecule has 0 heterocycles. The van der Waals surface area contributed by atoms with Crippen molar-refractivity contribution in [1.82, 2.24) is 5.32 Å². The van der Waals surface area contributed by atoms with Gasteiger partial charge >= 0.3 is 18.1 Å². The smallest absolute Gasteiger partial charge is 0.416 e. The summed E-state index contributed by atoms with van der Waals surface area (Å²) in [6, 6.07) is 2.63. The maximum Gasteiger partial charge on any atom is 0.416 e. The Labute approximate surface area is 164 Å². The van der Waals surface area contributed by atoms with E-state index in [9.17, 15) is 32.3 Å². The summed E-state index contributed by atoms with van der Waals surface area (Å²) < 4.78 is 47.4. The van der Waals surface area contributed by atoms with E-state index in [-0.39, 0.29) is 5.56 Å². The van der Waals surface area contributed by atoms with Crippen molar-refractivity contribution in [2.24, 2.45) is 17.6 Å². The van der Waals surface area contributed by atoms with Crippen LogP contribution in [0.25, 0.3) is 0 Å². The number of ether oxygens (including phenoxy) is 2. The molecule has 0 aliphatic carbocycles. The van der Waals surface area contributed by atoms with E-state index in [2.05, 4.69) is 14.8 Å². The lowest BCUT2D eigenvalue weighted by molar-refractivity contribution is -0.162. The predicted molar refractivity (Wildman–Crippen MR) is 93.0 cm³/mol. The molecule has 0 spiro atoms. The van der Waals surface area contributed by atoms with Crippen LogP contribution in [0.4, 0.5) is 13.2 Å². The first kappa shape index (κ1) is 23.9. The van der Waals surface area contributed by atoms with Crippen molar-refractivity contribution in [3.63, 3.8) is 0 Å². The first-order valence-corrected chi connectivity index (χ1v) is 8.32. The fraction of sp³-hybridized carbons (Fsp3) is 0.444. The van der Waals surface area contributed by atoms with Crippen molar-refractivity contribution < 1.29 is 41.8 Å². The molecular formula is C18H21F3N2O6. The summed E-state index contributed by atoms with van der Waals surface area (Å²) in [7, 11) is 2.05. The molecule has 1 aromatic rings. The standard InChI is InChI=1S/C18H21F3N2O6/c1-9(13(16(26)28-2)17(27)29-3)14(15(22)25)23-12(24)8-10-5-4-6-11(7-10)18(19,20)21/h4-7,9,13-14H,8H2,1-3H3,(H2,22,25)(H,23,24)/t9-,14+/m0/s1. The summed E-state index contributed by atoms with van der Waals surface area (Å²) in [5.74, 6) is -6.55. The van der Waals surface area contributed by atoms with Crippen LogP contribution in [0, 0.1) is 11.8 Å². The Bertz CT molecular complexity index is 765. The number of amides is 2. The number of methoxy groups -OCH3 is 2. The number of benzene rings is 1. The molecule has 2 atom stereocenters. The minimum Gasteiger partial charge on any atom is -0.468 e. The molecule has 3 N–H and O–H groups in total. The van der Waals surface area contributed by atoms with E-state index >= 15 is 0 Å². The van der Waals surface area contributed by atoms with Gasteiger partial charge in [-0.2, -0.15) is 13.2 Å². The van der Waals surface area contributed by atoms with Gasteiger partial charge in [-0.05, 0) is 11.6 Å². The predicted octanol–water partition coefficient (Wildman–Crippen LogP) is 0.816. The van der Waals surface area contributed by atoms with Gasteiger partial charge in [-0.15, -0.1) is 0 Å². The normalized spacial score (nSPS) is 13.3. The van der Waals surface area contributed by atoms with Crippen LogP contribution in [0.15, 0.2) is 24.3 Å². The molecule has 0 aromatic heterocycles. The molecule has 0 saturated carbocycles. The maximum absolute atomic E-state index is 12.8. The molecule has 11 heteroatoms. The number of alkyl halides is 3. The highest BCUT2D eigenvalue weighted by molar-refractivity contribution is 5.97. The van der Waals surface area contributed by atoms with Gasteiger partial charge in [0.25, 0.3) is 0 Å². The van der Waals surface area contributed by atoms with Gasteiger partial charge in [0, 0.05) is 5.92 Å². The highest BCUT2D eigenvalue weighted by Crippen LogP contribution is 2.29. The SMILES string of the molecule is COC(=O)C(C(=O)OC)[C@H](C)[C@@H](NC(=O)Cc1cccc(C(F)(F)F)c1)C(N)=O. The number of nitrogens with one attached hydrogen (secondary N) is 1. The summed E-state index contributed by atoms with van der Waals surface area (Å²) in [6.45, 7) is 1.30. The molecule has 2 amide bonds. The molecule has 0 aliphatic heterocycles. The van der Waals surface area contributed by atoms with Crippen LogP contribution in [0.3, 0.4) is 0 Å². The van der Waals surface area contributed by atoms with E-state index < -0.39 is 59.8 Å². The number of halogens is 3. The van der Waals surface area contributed by atoms with Gasteiger partial charge in [-0.25, -0.2) is 0 Å². The topological polar surface area (TPSA) is 125 Å². The number of carbonyl (C=O) groups is 4. The van der Waals surface area contributed by atoms with E-state index in [0.29, 0.717) is 0 Å². The third-order valence-corrected chi connectivity index (χ3v) is 4.20. The molecule has 0 saturated heterocycles. The van der Waals surface area contributed by atoms with Crippen molar-refractivity contribution in [2.75, 3.05) is 14.2 Å². The lowest BCUT2D eigenvalue weighted by Gasteiger charge is -2.26. The molecule has 0 aliphatic rings. The van der Waals surface area contributed by atoms with E-state index in [1.807, 2.05) is 0 Å². The van der Waals surface area contributed by atoms with Crippen LogP contribution in [0.2, 0.25) is 0 Å². The Morgan fingerprint density at radius 3 is 2.10 bits per heavy atom. The van der Waals surface area contributed by atoms with Gasteiger partial charge < -0.3 is 20.5 Å². The van der Waals surface area contributed by atoms with Crippen LogP contribution in [-0.2, 0) is 41.2 Å². The summed E-state index contributed by atoms with van der Waals surface area (Å²) in [4.78, 5) is 47.8. The van der Waals surface area contributed by atoms with Crippen LogP contribution >= 0.6 is 0 Å². The lowest BCUT2D eigenvalue weighted by Crippen LogP contribution is -2.53. The van der Waals surface area contributed by atoms with Crippen molar-refractivity contribution in [2.45, 2.75) is 25.6 Å². The van der Waals surface area contributed by atoms with E-state index in [4.69, 9.17) is 5.73 Å². The Morgan fingerprint density at radius 2 is 1.66 bits per heavy atom. The number of primary amides is 1. The molecular weight excluding hydrogens is 397 g/mol. The second-order valence-electron chi connectivity index (χ2n) is 6.21. The van der Waals surface area contributed by atoms with Crippen molar-refractivity contribution in [3.8, 4) is 0 Å². The summed E-state index contributed by atoms with van der Waals surface area (Å²) in [6.07, 6.45) is -5.06. The van der Waals surface area contributed by atoms with Gasteiger partial charge in [-0.1, -0.05) is 25.1 Å². The molecule has 0 bridgehead atoms. The zero-order chi connectivity index (χ0) is 22.4. The van der Waals surface area contributed by atoms with Gasteiger partial charge in [0.2, 0.25) is 11.8 Å². The van der Waals surface area contributed by atoms with Gasteiger partial charge in [-0.3, -0.25) is 19.2 Å².